The van der Waals surface area contributed by atoms with Crippen LogP contribution in [0.3, 0.4) is 0 Å². The minimum atomic E-state index is -0.475. The van der Waals surface area contributed by atoms with Crippen molar-refractivity contribution in [2.45, 2.75) is 31.5 Å². The summed E-state index contributed by atoms with van der Waals surface area (Å²) in [4.78, 5) is 0. The van der Waals surface area contributed by atoms with Crippen molar-refractivity contribution < 1.29 is 9.84 Å². The summed E-state index contributed by atoms with van der Waals surface area (Å²) >= 11 is 0. The van der Waals surface area contributed by atoms with E-state index >= 15 is 0 Å². The fourth-order valence-electron chi connectivity index (χ4n) is 1.33. The molecule has 11 heavy (non-hydrogen) atoms. The molecule has 1 saturated carbocycles. The Morgan fingerprint density at radius 3 is 2.73 bits per heavy atom. The third-order valence-corrected chi connectivity index (χ3v) is 2.07. The predicted molar refractivity (Wildman–Crippen MR) is 43.0 cm³/mol. The van der Waals surface area contributed by atoms with Crippen molar-refractivity contribution in [3.05, 3.63) is 0 Å². The Balaban J connectivity index is 2.34. The molecular weight excluding hydrogens is 140 g/mol. The zero-order valence-electron chi connectivity index (χ0n) is 6.79. The first-order chi connectivity index (χ1) is 5.29. The summed E-state index contributed by atoms with van der Waals surface area (Å²) in [7, 11) is 1.63. The van der Waals surface area contributed by atoms with Crippen molar-refractivity contribution >= 4 is 0 Å². The minimum Gasteiger partial charge on any atom is -0.389 e. The summed E-state index contributed by atoms with van der Waals surface area (Å²) in [5.41, 5.74) is 0. The van der Waals surface area contributed by atoms with E-state index in [1.54, 1.807) is 7.11 Å². The lowest BCUT2D eigenvalue weighted by Gasteiger charge is -2.18. The van der Waals surface area contributed by atoms with Gasteiger partial charge in [0, 0.05) is 13.5 Å². The fourth-order valence-corrected chi connectivity index (χ4v) is 1.33. The van der Waals surface area contributed by atoms with Gasteiger partial charge in [0.2, 0.25) is 0 Å². The molecule has 0 bridgehead atoms. The molecule has 1 aliphatic rings. The summed E-state index contributed by atoms with van der Waals surface area (Å²) in [5, 5.41) is 9.45. The van der Waals surface area contributed by atoms with Crippen LogP contribution in [0.2, 0.25) is 0 Å². The number of hydrogen-bond acceptors (Lipinski definition) is 2. The smallest absolute Gasteiger partial charge is 0.0913 e. The van der Waals surface area contributed by atoms with E-state index in [4.69, 9.17) is 11.2 Å². The maximum absolute atomic E-state index is 9.45. The number of aliphatic hydroxyl groups excluding tert-OH is 1. The molecule has 62 valence electrons. The average Bonchev–Trinajstić information content (AvgIpc) is 2.73. The van der Waals surface area contributed by atoms with Gasteiger partial charge in [-0.05, 0) is 18.8 Å². The van der Waals surface area contributed by atoms with Gasteiger partial charge in [0.1, 0.15) is 0 Å². The van der Waals surface area contributed by atoms with Crippen LogP contribution < -0.4 is 0 Å². The first-order valence-corrected chi connectivity index (χ1v) is 3.94. The molecule has 0 aromatic rings. The number of aliphatic hydroxyl groups is 1. The van der Waals surface area contributed by atoms with Crippen molar-refractivity contribution in [3.63, 3.8) is 0 Å². The monoisotopic (exact) mass is 154 g/mol. The predicted octanol–water partition coefficient (Wildman–Crippen LogP) is 0.796. The second kappa shape index (κ2) is 3.75. The molecule has 0 spiro atoms. The highest BCUT2D eigenvalue weighted by atomic mass is 16.5. The first kappa shape index (κ1) is 8.58. The topological polar surface area (TPSA) is 29.5 Å². The van der Waals surface area contributed by atoms with E-state index in [1.807, 2.05) is 0 Å². The maximum Gasteiger partial charge on any atom is 0.0913 e. The Bertz CT molecular complexity index is 155. The summed E-state index contributed by atoms with van der Waals surface area (Å²) in [6.07, 6.45) is 7.30. The van der Waals surface area contributed by atoms with Crippen LogP contribution in [-0.2, 0) is 4.74 Å². The van der Waals surface area contributed by atoms with E-state index in [9.17, 15) is 5.11 Å². The van der Waals surface area contributed by atoms with Gasteiger partial charge in [-0.15, -0.1) is 12.3 Å². The van der Waals surface area contributed by atoms with Gasteiger partial charge in [-0.2, -0.15) is 0 Å². The molecule has 1 rings (SSSR count). The van der Waals surface area contributed by atoms with Gasteiger partial charge in [-0.1, -0.05) is 0 Å². The Hall–Kier alpha value is -0.520. The second-order valence-electron chi connectivity index (χ2n) is 3.01. The van der Waals surface area contributed by atoms with E-state index in [1.165, 1.54) is 12.8 Å². The van der Waals surface area contributed by atoms with E-state index in [-0.39, 0.29) is 6.10 Å². The molecule has 2 atom stereocenters. The highest BCUT2D eigenvalue weighted by molar-refractivity contribution is 4.94. The molecule has 1 fully saturated rings. The quantitative estimate of drug-likeness (QED) is 0.607. The fraction of sp³-hybridized carbons (Fsp3) is 0.778. The largest absolute Gasteiger partial charge is 0.389 e. The van der Waals surface area contributed by atoms with E-state index in [2.05, 4.69) is 5.92 Å². The summed E-state index contributed by atoms with van der Waals surface area (Å²) in [5.74, 6) is 2.98. The zero-order valence-corrected chi connectivity index (χ0v) is 6.79. The molecular formula is C9H14O2. The van der Waals surface area contributed by atoms with Crippen molar-refractivity contribution in [3.8, 4) is 12.3 Å². The van der Waals surface area contributed by atoms with Crippen LogP contribution >= 0.6 is 0 Å². The Morgan fingerprint density at radius 2 is 2.36 bits per heavy atom. The highest BCUT2D eigenvalue weighted by Crippen LogP contribution is 2.35. The van der Waals surface area contributed by atoms with Gasteiger partial charge in [0.05, 0.1) is 12.2 Å². The molecule has 0 amide bonds. The Morgan fingerprint density at radius 1 is 1.73 bits per heavy atom. The van der Waals surface area contributed by atoms with Crippen LogP contribution in [0, 0.1) is 18.3 Å². The molecule has 0 aliphatic heterocycles. The molecule has 2 heteroatoms. The normalized spacial score (nSPS) is 22.3. The first-order valence-electron chi connectivity index (χ1n) is 3.94. The molecule has 0 heterocycles. The minimum absolute atomic E-state index is 0.0361. The van der Waals surface area contributed by atoms with Crippen LogP contribution in [0.1, 0.15) is 19.3 Å². The third kappa shape index (κ3) is 2.21. The van der Waals surface area contributed by atoms with Crippen LogP contribution in [0.25, 0.3) is 0 Å². The molecule has 2 unspecified atom stereocenters. The SMILES string of the molecule is C#CCC(O)C(OC)C1CC1. The molecule has 1 aliphatic carbocycles. The average molecular weight is 154 g/mol. The van der Waals surface area contributed by atoms with Crippen molar-refractivity contribution in [1.82, 2.24) is 0 Å². The van der Waals surface area contributed by atoms with E-state index in [0.29, 0.717) is 12.3 Å². The maximum atomic E-state index is 9.45. The van der Waals surface area contributed by atoms with Crippen molar-refractivity contribution in [2.24, 2.45) is 5.92 Å². The van der Waals surface area contributed by atoms with Crippen molar-refractivity contribution in [1.29, 1.82) is 0 Å². The molecule has 0 aromatic carbocycles. The number of terminal acetylenes is 1. The van der Waals surface area contributed by atoms with Gasteiger partial charge < -0.3 is 9.84 Å². The zero-order chi connectivity index (χ0) is 8.27. The van der Waals surface area contributed by atoms with Gasteiger partial charge >= 0.3 is 0 Å². The molecule has 0 saturated heterocycles. The lowest BCUT2D eigenvalue weighted by Crippen LogP contribution is -2.29. The third-order valence-electron chi connectivity index (χ3n) is 2.07. The standard InChI is InChI=1S/C9H14O2/c1-3-4-8(10)9(11-2)7-5-6-7/h1,7-10H,4-6H2,2H3. The highest BCUT2D eigenvalue weighted by Gasteiger charge is 2.35. The molecule has 2 nitrogen and oxygen atoms in total. The van der Waals surface area contributed by atoms with E-state index < -0.39 is 6.10 Å². The molecule has 0 aromatic heterocycles. The number of methoxy groups -OCH3 is 1. The summed E-state index contributed by atoms with van der Waals surface area (Å²) < 4.78 is 5.14. The van der Waals surface area contributed by atoms with Crippen LogP contribution in [0.15, 0.2) is 0 Å². The number of hydrogen-bond donors (Lipinski definition) is 1. The lowest BCUT2D eigenvalue weighted by molar-refractivity contribution is -0.0215. The van der Waals surface area contributed by atoms with Gasteiger partial charge in [-0.25, -0.2) is 0 Å². The van der Waals surface area contributed by atoms with Crippen LogP contribution in [-0.4, -0.2) is 24.4 Å². The van der Waals surface area contributed by atoms with Gasteiger partial charge in [-0.3, -0.25) is 0 Å². The van der Waals surface area contributed by atoms with Crippen LogP contribution in [0.5, 0.6) is 0 Å². The molecule has 0 radical (unpaired) electrons. The number of ether oxygens (including phenoxy) is 1. The summed E-state index contributed by atoms with van der Waals surface area (Å²) in [6, 6.07) is 0. The summed E-state index contributed by atoms with van der Waals surface area (Å²) in [6.45, 7) is 0. The lowest BCUT2D eigenvalue weighted by atomic mass is 10.1. The second-order valence-corrected chi connectivity index (χ2v) is 3.01. The van der Waals surface area contributed by atoms with E-state index in [0.717, 1.165) is 0 Å². The van der Waals surface area contributed by atoms with Crippen molar-refractivity contribution in [2.75, 3.05) is 7.11 Å². The Labute approximate surface area is 67.6 Å². The van der Waals surface area contributed by atoms with Gasteiger partial charge in [0.15, 0.2) is 0 Å². The molecule has 1 N–H and O–H groups in total. The van der Waals surface area contributed by atoms with Crippen LogP contribution in [0.4, 0.5) is 0 Å². The Kier molecular flexibility index (Phi) is 2.92. The number of rotatable bonds is 4. The van der Waals surface area contributed by atoms with Gasteiger partial charge in [0.25, 0.3) is 0 Å².